The predicted octanol–water partition coefficient (Wildman–Crippen LogP) is 9.56. The Balaban J connectivity index is 1.04. The van der Waals surface area contributed by atoms with E-state index in [2.05, 4.69) is 37.3 Å². The van der Waals surface area contributed by atoms with Crippen molar-refractivity contribution in [2.45, 2.75) is 133 Å². The van der Waals surface area contributed by atoms with Crippen LogP contribution in [0.25, 0.3) is 0 Å². The predicted molar refractivity (Wildman–Crippen MR) is 183 cm³/mol. The van der Waals surface area contributed by atoms with Gasteiger partial charge in [0.15, 0.2) is 0 Å². The molecule has 4 aliphatic carbocycles. The normalized spacial score (nSPS) is 28.6. The van der Waals surface area contributed by atoms with Crippen LogP contribution < -0.4 is 9.47 Å². The molecule has 6 atom stereocenters. The van der Waals surface area contributed by atoms with Crippen molar-refractivity contribution in [3.8, 4) is 11.5 Å². The Hall–Kier alpha value is -2.40. The molecule has 278 valence electrons. The van der Waals surface area contributed by atoms with E-state index in [1.165, 1.54) is 29.5 Å². The van der Waals surface area contributed by atoms with Gasteiger partial charge in [-0.05, 0) is 154 Å². The third kappa shape index (κ3) is 8.13. The number of hydrogen-bond acceptors (Lipinski definition) is 5. The first-order chi connectivity index (χ1) is 23.7. The molecule has 6 rings (SSSR count). The van der Waals surface area contributed by atoms with Crippen LogP contribution in [0.2, 0.25) is 0 Å². The summed E-state index contributed by atoms with van der Waals surface area (Å²) in [6, 6.07) is 15.0. The van der Waals surface area contributed by atoms with E-state index in [1.54, 1.807) is 0 Å². The third-order valence-electron chi connectivity index (χ3n) is 12.3. The lowest BCUT2D eigenvalue weighted by Crippen LogP contribution is -2.47. The van der Waals surface area contributed by atoms with Crippen molar-refractivity contribution in [2.24, 2.45) is 17.3 Å². The van der Waals surface area contributed by atoms with Gasteiger partial charge in [-0.3, -0.25) is 0 Å². The van der Waals surface area contributed by atoms with E-state index >= 15 is 0 Å². The monoisotopic (exact) mass is 726 g/mol. The van der Waals surface area contributed by atoms with Gasteiger partial charge in [0.2, 0.25) is 0 Å². The number of aryl methyl sites for hydroxylation is 1. The second kappa shape index (κ2) is 14.9. The summed E-state index contributed by atoms with van der Waals surface area (Å²) in [7, 11) is -3.72. The molecule has 0 saturated heterocycles. The van der Waals surface area contributed by atoms with Crippen molar-refractivity contribution in [3.63, 3.8) is 0 Å². The van der Waals surface area contributed by atoms with E-state index in [4.69, 9.17) is 9.47 Å². The first-order valence-electron chi connectivity index (χ1n) is 18.5. The minimum Gasteiger partial charge on any atom is -0.494 e. The van der Waals surface area contributed by atoms with Crippen molar-refractivity contribution < 1.29 is 45.0 Å². The van der Waals surface area contributed by atoms with Crippen molar-refractivity contribution in [1.82, 2.24) is 0 Å². The Bertz CT molecular complexity index is 1560. The summed E-state index contributed by atoms with van der Waals surface area (Å²) in [6.45, 7) is 2.66. The fourth-order valence-electron chi connectivity index (χ4n) is 9.62. The molecule has 0 aliphatic heterocycles. The number of fused-ring (bicyclic) bond motifs is 5. The summed E-state index contributed by atoms with van der Waals surface area (Å²) in [5.74, 6) is -2.51. The highest BCUT2D eigenvalue weighted by molar-refractivity contribution is 7.91. The molecule has 50 heavy (non-hydrogen) atoms. The number of ether oxygens (including phenoxy) is 2. The van der Waals surface area contributed by atoms with Crippen LogP contribution in [0.3, 0.4) is 0 Å². The minimum absolute atomic E-state index is 0.119. The number of benzene rings is 2. The van der Waals surface area contributed by atoms with E-state index in [0.717, 1.165) is 50.7 Å². The van der Waals surface area contributed by atoms with Crippen LogP contribution in [0.15, 0.2) is 42.5 Å². The molecular formula is C39H51F5O5S. The van der Waals surface area contributed by atoms with Gasteiger partial charge in [-0.1, -0.05) is 25.1 Å². The Labute approximate surface area is 293 Å². The Morgan fingerprint density at radius 3 is 2.28 bits per heavy atom. The summed E-state index contributed by atoms with van der Waals surface area (Å²) in [4.78, 5) is 0. The van der Waals surface area contributed by atoms with Gasteiger partial charge >= 0.3 is 12.1 Å². The zero-order valence-corrected chi connectivity index (χ0v) is 29.7. The van der Waals surface area contributed by atoms with Gasteiger partial charge in [-0.25, -0.2) is 8.42 Å². The zero-order valence-electron chi connectivity index (χ0n) is 28.9. The molecule has 2 aromatic carbocycles. The van der Waals surface area contributed by atoms with Gasteiger partial charge in [0, 0.05) is 6.42 Å². The largest absolute Gasteiger partial charge is 0.494 e. The Morgan fingerprint density at radius 2 is 1.56 bits per heavy atom. The molecule has 5 nitrogen and oxygen atoms in total. The quantitative estimate of drug-likeness (QED) is 0.155. The van der Waals surface area contributed by atoms with Crippen molar-refractivity contribution >= 4 is 9.84 Å². The lowest BCUT2D eigenvalue weighted by Gasteiger charge is -2.54. The number of rotatable bonds is 14. The number of unbranched alkanes of at least 4 members (excludes halogenated alkanes) is 2. The van der Waals surface area contributed by atoms with Crippen LogP contribution in [-0.2, 0) is 16.3 Å². The van der Waals surface area contributed by atoms with Crippen molar-refractivity contribution in [3.05, 3.63) is 59.2 Å². The van der Waals surface area contributed by atoms with Crippen LogP contribution in [0, 0.1) is 17.3 Å². The van der Waals surface area contributed by atoms with Gasteiger partial charge in [0.25, 0.3) is 0 Å². The summed E-state index contributed by atoms with van der Waals surface area (Å²) in [5, 5.41) is 11.2. The van der Waals surface area contributed by atoms with E-state index in [1.807, 2.05) is 12.1 Å². The maximum atomic E-state index is 13.1. The van der Waals surface area contributed by atoms with Crippen LogP contribution >= 0.6 is 0 Å². The maximum Gasteiger partial charge on any atom is 0.453 e. The molecule has 0 bridgehead atoms. The Morgan fingerprint density at radius 1 is 0.860 bits per heavy atom. The lowest BCUT2D eigenvalue weighted by molar-refractivity contribution is -0.284. The summed E-state index contributed by atoms with van der Waals surface area (Å²) in [5.41, 5.74) is 3.94. The summed E-state index contributed by atoms with van der Waals surface area (Å²) in [6.07, 6.45) is 3.21. The molecule has 3 fully saturated rings. The smallest absolute Gasteiger partial charge is 0.453 e. The number of sulfone groups is 1. The second-order valence-electron chi connectivity index (χ2n) is 15.6. The summed E-state index contributed by atoms with van der Waals surface area (Å²) >= 11 is 0. The van der Waals surface area contributed by atoms with Gasteiger partial charge in [0.05, 0.1) is 30.3 Å². The molecule has 1 N–H and O–H groups in total. The number of hydrogen-bond donors (Lipinski definition) is 1. The summed E-state index contributed by atoms with van der Waals surface area (Å²) < 4.78 is 99.7. The minimum atomic E-state index is -5.67. The van der Waals surface area contributed by atoms with Crippen molar-refractivity contribution in [1.29, 1.82) is 0 Å². The standard InChI is InChI=1S/C39H51F5O5S/c1-37-25-33(26-10-13-28(14-11-26)48-21-5-2-6-22-50(46,47)23-7-20-38(40,41)39(42,43)44)36-31-17-15-30(49-29-8-3-4-9-29)24-27(31)12-16-32(36)34(37)18-19-35(37)45/h10-11,13-15,17,24,29,32-36,45H,2-9,12,16,18-23,25H2,1H3/t32-,33+,34-,35-,36+,37-/m0/s1. The molecule has 0 unspecified atom stereocenters. The van der Waals surface area contributed by atoms with Crippen LogP contribution in [0.5, 0.6) is 11.5 Å². The van der Waals surface area contributed by atoms with Crippen LogP contribution in [0.4, 0.5) is 22.0 Å². The molecule has 0 aromatic heterocycles. The SMILES string of the molecule is C[C@]12C[C@H](c3ccc(OCCCCCS(=O)(=O)CCCC(F)(F)C(F)(F)F)cc3)[C@@H]3c4ccc(OC5CCCC5)cc4CC[C@H]3[C@@H]1CC[C@@H]2O. The van der Waals surface area contributed by atoms with E-state index < -0.39 is 40.5 Å². The fourth-order valence-corrected chi connectivity index (χ4v) is 11.0. The molecule has 4 aliphatic rings. The first kappa shape index (κ1) is 37.4. The molecule has 0 amide bonds. The fraction of sp³-hybridized carbons (Fsp3) is 0.692. The zero-order chi connectivity index (χ0) is 35.7. The topological polar surface area (TPSA) is 72.8 Å². The lowest BCUT2D eigenvalue weighted by atomic mass is 9.51. The van der Waals surface area contributed by atoms with Crippen LogP contribution in [-0.4, -0.2) is 55.9 Å². The number of halogens is 5. The van der Waals surface area contributed by atoms with E-state index in [-0.39, 0.29) is 29.6 Å². The van der Waals surface area contributed by atoms with E-state index in [0.29, 0.717) is 49.1 Å². The van der Waals surface area contributed by atoms with Gasteiger partial charge in [0.1, 0.15) is 21.3 Å². The number of alkyl halides is 5. The molecule has 0 radical (unpaired) electrons. The van der Waals surface area contributed by atoms with Gasteiger partial charge < -0.3 is 14.6 Å². The highest BCUT2D eigenvalue weighted by atomic mass is 32.2. The number of aliphatic hydroxyl groups excluding tert-OH is 1. The highest BCUT2D eigenvalue weighted by Crippen LogP contribution is 2.65. The second-order valence-corrected chi connectivity index (χ2v) is 17.9. The third-order valence-corrected chi connectivity index (χ3v) is 14.1. The van der Waals surface area contributed by atoms with Crippen molar-refractivity contribution in [2.75, 3.05) is 18.1 Å². The van der Waals surface area contributed by atoms with Gasteiger partial charge in [-0.15, -0.1) is 0 Å². The van der Waals surface area contributed by atoms with Crippen LogP contribution in [0.1, 0.15) is 119 Å². The molecule has 11 heteroatoms. The maximum absolute atomic E-state index is 13.1. The molecular weight excluding hydrogens is 675 g/mol. The van der Waals surface area contributed by atoms with E-state index in [9.17, 15) is 35.5 Å². The molecule has 0 spiro atoms. The average Bonchev–Trinajstić information content (AvgIpc) is 3.68. The highest BCUT2D eigenvalue weighted by Gasteiger charge is 2.58. The first-order valence-corrected chi connectivity index (χ1v) is 20.3. The average molecular weight is 727 g/mol. The Kier molecular flexibility index (Phi) is 11.1. The number of aliphatic hydroxyl groups is 1. The molecule has 2 aromatic rings. The van der Waals surface area contributed by atoms with Gasteiger partial charge in [-0.2, -0.15) is 22.0 Å². The molecule has 3 saturated carbocycles. The molecule has 0 heterocycles.